The molecule has 2 aliphatic heterocycles. The van der Waals surface area contributed by atoms with E-state index in [2.05, 4.69) is 46.0 Å². The summed E-state index contributed by atoms with van der Waals surface area (Å²) >= 11 is 6.38. The van der Waals surface area contributed by atoms with E-state index in [0.29, 0.717) is 35.3 Å². The molecule has 10 nitrogen and oxygen atoms in total. The zero-order valence-electron chi connectivity index (χ0n) is 21.9. The van der Waals surface area contributed by atoms with Crippen molar-refractivity contribution in [3.05, 3.63) is 35.2 Å². The molecule has 1 aliphatic carbocycles. The van der Waals surface area contributed by atoms with Gasteiger partial charge in [-0.1, -0.05) is 31.4 Å². The summed E-state index contributed by atoms with van der Waals surface area (Å²) < 4.78 is 2.33. The lowest BCUT2D eigenvalue weighted by molar-refractivity contribution is 0.121. The number of imidazole rings is 1. The van der Waals surface area contributed by atoms with Crippen LogP contribution < -0.4 is 15.7 Å². The molecule has 1 amide bonds. The molecule has 2 saturated heterocycles. The van der Waals surface area contributed by atoms with Crippen molar-refractivity contribution in [3.8, 4) is 11.3 Å². The van der Waals surface area contributed by atoms with Crippen LogP contribution in [-0.2, 0) is 4.84 Å². The fraction of sp³-hybridized carbons (Fsp3) is 0.556. The van der Waals surface area contributed by atoms with Gasteiger partial charge in [0.25, 0.3) is 0 Å². The highest BCUT2D eigenvalue weighted by Gasteiger charge is 2.36. The second-order valence-electron chi connectivity index (χ2n) is 11.2. The SMILES string of the molecule is CC1CCC(C(C)n2c(N3C[C@H](O)C[C@H]3C)nc3cc(C4NOC(=O)N4)nc(-c4cncc(Cl)c4)c32)CC1. The molecule has 2 unspecified atom stereocenters. The number of nitrogens with zero attached hydrogens (tertiary/aromatic N) is 5. The van der Waals surface area contributed by atoms with E-state index in [-0.39, 0.29) is 12.1 Å². The Morgan fingerprint density at radius 1 is 1.16 bits per heavy atom. The third-order valence-electron chi connectivity index (χ3n) is 8.43. The average Bonchev–Trinajstić information content (AvgIpc) is 3.59. The topological polar surface area (TPSA) is 117 Å². The van der Waals surface area contributed by atoms with E-state index in [4.69, 9.17) is 26.4 Å². The van der Waals surface area contributed by atoms with Crippen LogP contribution in [0.1, 0.15) is 70.8 Å². The summed E-state index contributed by atoms with van der Waals surface area (Å²) in [6.45, 7) is 7.28. The van der Waals surface area contributed by atoms with Crippen molar-refractivity contribution in [1.82, 2.24) is 30.3 Å². The van der Waals surface area contributed by atoms with Crippen LogP contribution in [0.2, 0.25) is 5.02 Å². The number of fused-ring (bicyclic) bond motifs is 1. The Morgan fingerprint density at radius 2 is 1.95 bits per heavy atom. The Balaban J connectivity index is 1.58. The van der Waals surface area contributed by atoms with E-state index >= 15 is 0 Å². The Bertz CT molecular complexity index is 1360. The minimum atomic E-state index is -0.615. The Labute approximate surface area is 226 Å². The quantitative estimate of drug-likeness (QED) is 0.426. The Hall–Kier alpha value is -2.95. The predicted molar refractivity (Wildman–Crippen MR) is 145 cm³/mol. The van der Waals surface area contributed by atoms with E-state index < -0.39 is 18.4 Å². The molecule has 3 N–H and O–H groups in total. The number of hydrogen-bond acceptors (Lipinski definition) is 8. The Kier molecular flexibility index (Phi) is 6.65. The smallest absolute Gasteiger partial charge is 0.391 e. The lowest BCUT2D eigenvalue weighted by Gasteiger charge is -2.34. The zero-order valence-corrected chi connectivity index (χ0v) is 22.6. The van der Waals surface area contributed by atoms with Gasteiger partial charge in [0.15, 0.2) is 6.17 Å². The largest absolute Gasteiger partial charge is 0.427 e. The van der Waals surface area contributed by atoms with Gasteiger partial charge in [0.05, 0.1) is 33.5 Å². The van der Waals surface area contributed by atoms with E-state index in [9.17, 15) is 9.90 Å². The van der Waals surface area contributed by atoms with Gasteiger partial charge < -0.3 is 19.4 Å². The van der Waals surface area contributed by atoms with Crippen molar-refractivity contribution in [2.24, 2.45) is 11.8 Å². The van der Waals surface area contributed by atoms with Crippen molar-refractivity contribution in [2.75, 3.05) is 11.4 Å². The first kappa shape index (κ1) is 25.3. The lowest BCUT2D eigenvalue weighted by atomic mass is 9.79. The number of carbonyl (C=O) groups excluding carboxylic acids is 1. The summed E-state index contributed by atoms with van der Waals surface area (Å²) in [5.74, 6) is 2.09. The summed E-state index contributed by atoms with van der Waals surface area (Å²) in [5, 5.41) is 13.8. The average molecular weight is 540 g/mol. The molecule has 3 fully saturated rings. The molecule has 3 aliphatic rings. The number of halogens is 1. The van der Waals surface area contributed by atoms with Crippen molar-refractivity contribution in [1.29, 1.82) is 0 Å². The van der Waals surface area contributed by atoms with Crippen LogP contribution in [0.4, 0.5) is 10.7 Å². The second-order valence-corrected chi connectivity index (χ2v) is 11.6. The fourth-order valence-electron chi connectivity index (χ4n) is 6.29. The normalized spacial score (nSPS) is 28.5. The molecule has 38 heavy (non-hydrogen) atoms. The minimum absolute atomic E-state index is 0.145. The number of aromatic nitrogens is 4. The first-order chi connectivity index (χ1) is 18.3. The van der Waals surface area contributed by atoms with Crippen LogP contribution in [0.3, 0.4) is 0 Å². The molecular formula is C27H34ClN7O3. The number of rotatable bonds is 5. The molecule has 3 aromatic heterocycles. The molecule has 11 heteroatoms. The number of hydrogen-bond donors (Lipinski definition) is 3. The van der Waals surface area contributed by atoms with Gasteiger partial charge in [-0.15, -0.1) is 5.48 Å². The van der Waals surface area contributed by atoms with Gasteiger partial charge in [-0.2, -0.15) is 0 Å². The van der Waals surface area contributed by atoms with E-state index in [1.165, 1.54) is 12.8 Å². The molecular weight excluding hydrogens is 506 g/mol. The van der Waals surface area contributed by atoms with Gasteiger partial charge >= 0.3 is 6.09 Å². The Morgan fingerprint density at radius 3 is 2.61 bits per heavy atom. The van der Waals surface area contributed by atoms with Gasteiger partial charge in [-0.3, -0.25) is 10.3 Å². The van der Waals surface area contributed by atoms with Crippen molar-refractivity contribution in [2.45, 2.75) is 77.2 Å². The predicted octanol–water partition coefficient (Wildman–Crippen LogP) is 4.74. The van der Waals surface area contributed by atoms with Crippen LogP contribution in [-0.4, -0.2) is 49.4 Å². The number of hydroxylamine groups is 1. The van der Waals surface area contributed by atoms with Crippen molar-refractivity contribution < 1.29 is 14.7 Å². The monoisotopic (exact) mass is 539 g/mol. The van der Waals surface area contributed by atoms with Crippen molar-refractivity contribution >= 4 is 34.7 Å². The number of aliphatic hydroxyl groups excluding tert-OH is 1. The number of anilines is 1. The van der Waals surface area contributed by atoms with Crippen LogP contribution in [0, 0.1) is 11.8 Å². The van der Waals surface area contributed by atoms with Gasteiger partial charge in [0.1, 0.15) is 0 Å². The lowest BCUT2D eigenvalue weighted by Crippen LogP contribution is -2.32. The third-order valence-corrected chi connectivity index (χ3v) is 8.64. The number of carbonyl (C=O) groups is 1. The summed E-state index contributed by atoms with van der Waals surface area (Å²) in [5.41, 5.74) is 6.39. The van der Waals surface area contributed by atoms with Crippen LogP contribution in [0.25, 0.3) is 22.3 Å². The second kappa shape index (κ2) is 9.98. The minimum Gasteiger partial charge on any atom is -0.391 e. The summed E-state index contributed by atoms with van der Waals surface area (Å²) in [7, 11) is 0. The van der Waals surface area contributed by atoms with Gasteiger partial charge in [0, 0.05) is 36.6 Å². The first-order valence-electron chi connectivity index (χ1n) is 13.5. The van der Waals surface area contributed by atoms with Crippen LogP contribution in [0.5, 0.6) is 0 Å². The molecule has 0 bridgehead atoms. The highest BCUT2D eigenvalue weighted by Crippen LogP contribution is 2.42. The van der Waals surface area contributed by atoms with Gasteiger partial charge in [-0.05, 0) is 57.1 Å². The molecule has 1 saturated carbocycles. The maximum absolute atomic E-state index is 11.8. The number of β-amino-alcohol motifs (C(OH)–C–C–N with tert-alkyl or cyclic N) is 1. The molecule has 0 spiro atoms. The maximum Gasteiger partial charge on any atom is 0.427 e. The maximum atomic E-state index is 11.8. The highest BCUT2D eigenvalue weighted by atomic mass is 35.5. The van der Waals surface area contributed by atoms with E-state index in [0.717, 1.165) is 41.3 Å². The number of aliphatic hydroxyl groups is 1. The molecule has 3 aromatic rings. The molecule has 0 radical (unpaired) electrons. The summed E-state index contributed by atoms with van der Waals surface area (Å²) in [4.78, 5) is 33.4. The summed E-state index contributed by atoms with van der Waals surface area (Å²) in [6.07, 6.45) is 7.23. The van der Waals surface area contributed by atoms with Gasteiger partial charge in [0.2, 0.25) is 5.95 Å². The van der Waals surface area contributed by atoms with E-state index in [1.807, 2.05) is 12.1 Å². The summed E-state index contributed by atoms with van der Waals surface area (Å²) in [6, 6.07) is 4.06. The standard InChI is InChI=1S/C27H34ClN7O3/c1-14-4-6-17(7-5-14)16(3)35-24-21(31-26(35)34-13-20(36)8-15(34)2)10-22(25-32-27(37)38-33-25)30-23(24)18-9-19(28)12-29-11-18/h9-12,14-17,20,25,33,36H,4-8,13H2,1-3H3,(H,32,37)/t14?,15-,16?,17?,20-,25?/m1/s1. The molecule has 0 aromatic carbocycles. The van der Waals surface area contributed by atoms with Crippen molar-refractivity contribution in [3.63, 3.8) is 0 Å². The van der Waals surface area contributed by atoms with Crippen LogP contribution in [0.15, 0.2) is 24.5 Å². The molecule has 4 atom stereocenters. The molecule has 6 rings (SSSR count). The zero-order chi connectivity index (χ0) is 26.6. The third kappa shape index (κ3) is 4.58. The molecule has 5 heterocycles. The number of nitrogens with one attached hydrogen (secondary N) is 2. The van der Waals surface area contributed by atoms with Gasteiger partial charge in [-0.25, -0.2) is 14.8 Å². The molecule has 202 valence electrons. The van der Waals surface area contributed by atoms with E-state index in [1.54, 1.807) is 12.4 Å². The number of pyridine rings is 2. The number of amides is 1. The first-order valence-corrected chi connectivity index (χ1v) is 13.9. The van der Waals surface area contributed by atoms with Crippen LogP contribution >= 0.6 is 11.6 Å². The fourth-order valence-corrected chi connectivity index (χ4v) is 6.47. The highest BCUT2D eigenvalue weighted by molar-refractivity contribution is 6.30.